The van der Waals surface area contributed by atoms with Crippen LogP contribution in [0.25, 0.3) is 0 Å². The predicted molar refractivity (Wildman–Crippen MR) is 109 cm³/mol. The summed E-state index contributed by atoms with van der Waals surface area (Å²) in [5.41, 5.74) is 3.12. The summed E-state index contributed by atoms with van der Waals surface area (Å²) in [6, 6.07) is 24.6. The van der Waals surface area contributed by atoms with Crippen LogP contribution < -0.4 is 0 Å². The van der Waals surface area contributed by atoms with Gasteiger partial charge < -0.3 is 0 Å². The van der Waals surface area contributed by atoms with E-state index in [0.29, 0.717) is 0 Å². The summed E-state index contributed by atoms with van der Waals surface area (Å²) in [5, 5.41) is 9.13. The third kappa shape index (κ3) is 4.18. The third-order valence-corrected chi connectivity index (χ3v) is 6.45. The molecule has 0 N–H and O–H groups in total. The molecule has 3 rings (SSSR count). The second-order valence-electron chi connectivity index (χ2n) is 7.92. The molecular formula is C25H31N. The molecule has 0 aliphatic heterocycles. The molecular weight excluding hydrogens is 314 g/mol. The van der Waals surface area contributed by atoms with E-state index < -0.39 is 0 Å². The van der Waals surface area contributed by atoms with E-state index in [4.69, 9.17) is 5.26 Å². The van der Waals surface area contributed by atoms with Gasteiger partial charge in [-0.25, -0.2) is 0 Å². The zero-order valence-corrected chi connectivity index (χ0v) is 16.0. The number of rotatable bonds is 7. The Hall–Kier alpha value is -2.07. The van der Waals surface area contributed by atoms with Crippen LogP contribution in [0.3, 0.4) is 0 Å². The summed E-state index contributed by atoms with van der Waals surface area (Å²) >= 11 is 0. The van der Waals surface area contributed by atoms with Crippen LogP contribution in [0.2, 0.25) is 0 Å². The molecule has 2 aromatic carbocycles. The third-order valence-electron chi connectivity index (χ3n) is 6.45. The average molecular weight is 346 g/mol. The Labute approximate surface area is 159 Å². The van der Waals surface area contributed by atoms with Crippen molar-refractivity contribution < 1.29 is 0 Å². The number of hydrogen-bond donors (Lipinski definition) is 0. The molecule has 1 nitrogen and oxygen atoms in total. The molecule has 0 aromatic heterocycles. The van der Waals surface area contributed by atoms with E-state index in [9.17, 15) is 0 Å². The Kier molecular flexibility index (Phi) is 6.51. The van der Waals surface area contributed by atoms with Gasteiger partial charge in [0.15, 0.2) is 0 Å². The number of hydrogen-bond acceptors (Lipinski definition) is 1. The van der Waals surface area contributed by atoms with Crippen molar-refractivity contribution in [2.45, 2.75) is 63.7 Å². The van der Waals surface area contributed by atoms with Gasteiger partial charge in [-0.3, -0.25) is 0 Å². The molecule has 1 heteroatoms. The van der Waals surface area contributed by atoms with E-state index in [0.717, 1.165) is 18.8 Å². The molecule has 1 saturated carbocycles. The van der Waals surface area contributed by atoms with E-state index in [1.807, 2.05) is 0 Å². The Balaban J connectivity index is 1.68. The first-order chi connectivity index (χ1) is 12.8. The quantitative estimate of drug-likeness (QED) is 0.536. The molecule has 1 aliphatic carbocycles. The molecule has 1 unspecified atom stereocenters. The highest BCUT2D eigenvalue weighted by Crippen LogP contribution is 2.47. The van der Waals surface area contributed by atoms with Gasteiger partial charge in [0, 0.05) is 11.3 Å². The van der Waals surface area contributed by atoms with Crippen molar-refractivity contribution >= 4 is 0 Å². The molecule has 0 bridgehead atoms. The average Bonchev–Trinajstić information content (AvgIpc) is 2.73. The lowest BCUT2D eigenvalue weighted by Gasteiger charge is -2.41. The Morgan fingerprint density at radius 3 is 1.96 bits per heavy atom. The van der Waals surface area contributed by atoms with Crippen molar-refractivity contribution in [1.82, 2.24) is 0 Å². The van der Waals surface area contributed by atoms with Gasteiger partial charge in [0.25, 0.3) is 0 Å². The van der Waals surface area contributed by atoms with Crippen LogP contribution in [-0.4, -0.2) is 0 Å². The smallest absolute Gasteiger partial charge is 0.0655 e. The van der Waals surface area contributed by atoms with Gasteiger partial charge >= 0.3 is 0 Å². The molecule has 0 saturated heterocycles. The first-order valence-corrected chi connectivity index (χ1v) is 10.3. The second kappa shape index (κ2) is 9.04. The minimum absolute atomic E-state index is 0.178. The van der Waals surface area contributed by atoms with Crippen LogP contribution in [0.1, 0.15) is 69.4 Å². The van der Waals surface area contributed by atoms with E-state index in [2.05, 4.69) is 73.7 Å². The maximum atomic E-state index is 9.13. The molecule has 1 fully saturated rings. The lowest BCUT2D eigenvalue weighted by Crippen LogP contribution is -2.33. The maximum absolute atomic E-state index is 9.13. The lowest BCUT2D eigenvalue weighted by atomic mass is 9.62. The number of nitrogens with zero attached hydrogens (tertiary/aromatic N) is 1. The van der Waals surface area contributed by atoms with Crippen molar-refractivity contribution in [3.63, 3.8) is 0 Å². The Morgan fingerprint density at radius 2 is 1.50 bits per heavy atom. The maximum Gasteiger partial charge on any atom is 0.0655 e. The molecule has 26 heavy (non-hydrogen) atoms. The van der Waals surface area contributed by atoms with Crippen LogP contribution in [0.15, 0.2) is 60.7 Å². The monoisotopic (exact) mass is 345 g/mol. The minimum Gasteiger partial charge on any atom is -0.198 e. The molecule has 2 aromatic rings. The standard InChI is InChI=1S/C25H31N/c1-2-21(20-26)10-9-11-22-16-18-25(19-17-22,23-12-5-3-6-13-23)24-14-7-4-8-15-24/h3-8,12-15,21-22H,2,9-11,16-19H2,1H3. The molecule has 1 aliphatic rings. The molecule has 0 radical (unpaired) electrons. The lowest BCUT2D eigenvalue weighted by molar-refractivity contribution is 0.248. The highest BCUT2D eigenvalue weighted by Gasteiger charge is 2.37. The summed E-state index contributed by atoms with van der Waals surface area (Å²) < 4.78 is 0. The van der Waals surface area contributed by atoms with Gasteiger partial charge in [0.05, 0.1) is 6.07 Å². The zero-order valence-electron chi connectivity index (χ0n) is 16.0. The fraction of sp³-hybridized carbons (Fsp3) is 0.480. The molecule has 0 heterocycles. The van der Waals surface area contributed by atoms with Gasteiger partial charge in [-0.1, -0.05) is 80.4 Å². The molecule has 1 atom stereocenters. The van der Waals surface area contributed by atoms with Crippen molar-refractivity contribution in [1.29, 1.82) is 5.26 Å². The molecule has 0 amide bonds. The highest BCUT2D eigenvalue weighted by atomic mass is 14.4. The van der Waals surface area contributed by atoms with Crippen LogP contribution >= 0.6 is 0 Å². The van der Waals surface area contributed by atoms with Gasteiger partial charge in [-0.05, 0) is 55.6 Å². The second-order valence-corrected chi connectivity index (χ2v) is 7.92. The fourth-order valence-electron chi connectivity index (χ4n) is 4.73. The topological polar surface area (TPSA) is 23.8 Å². The van der Waals surface area contributed by atoms with Crippen LogP contribution in [0.5, 0.6) is 0 Å². The number of benzene rings is 2. The van der Waals surface area contributed by atoms with Crippen molar-refractivity contribution in [2.75, 3.05) is 0 Å². The van der Waals surface area contributed by atoms with E-state index in [1.165, 1.54) is 49.7 Å². The normalized spacial score (nSPS) is 18.2. The summed E-state index contributed by atoms with van der Waals surface area (Å²) in [6.45, 7) is 2.13. The van der Waals surface area contributed by atoms with Crippen LogP contribution in [0, 0.1) is 23.2 Å². The van der Waals surface area contributed by atoms with Gasteiger partial charge in [-0.2, -0.15) is 5.26 Å². The number of nitriles is 1. The van der Waals surface area contributed by atoms with E-state index >= 15 is 0 Å². The largest absolute Gasteiger partial charge is 0.198 e. The summed E-state index contributed by atoms with van der Waals surface area (Å²) in [7, 11) is 0. The SMILES string of the molecule is CCC(C#N)CCCC1CCC(c2ccccc2)(c2ccccc2)CC1. The minimum atomic E-state index is 0.178. The Morgan fingerprint density at radius 1 is 0.962 bits per heavy atom. The summed E-state index contributed by atoms with van der Waals surface area (Å²) in [6.07, 6.45) is 9.64. The summed E-state index contributed by atoms with van der Waals surface area (Å²) in [4.78, 5) is 0. The van der Waals surface area contributed by atoms with Gasteiger partial charge in [0.2, 0.25) is 0 Å². The van der Waals surface area contributed by atoms with Gasteiger partial charge in [0.1, 0.15) is 0 Å². The van der Waals surface area contributed by atoms with Crippen LogP contribution in [-0.2, 0) is 5.41 Å². The van der Waals surface area contributed by atoms with E-state index in [1.54, 1.807) is 0 Å². The fourth-order valence-corrected chi connectivity index (χ4v) is 4.73. The molecule has 136 valence electrons. The van der Waals surface area contributed by atoms with Gasteiger partial charge in [-0.15, -0.1) is 0 Å². The first kappa shape index (κ1) is 18.7. The highest BCUT2D eigenvalue weighted by molar-refractivity contribution is 5.39. The van der Waals surface area contributed by atoms with Crippen molar-refractivity contribution in [2.24, 2.45) is 11.8 Å². The Bertz CT molecular complexity index is 648. The zero-order chi connectivity index (χ0) is 18.2. The van der Waals surface area contributed by atoms with Crippen molar-refractivity contribution in [3.8, 4) is 6.07 Å². The summed E-state index contributed by atoms with van der Waals surface area (Å²) in [5.74, 6) is 1.08. The van der Waals surface area contributed by atoms with E-state index in [-0.39, 0.29) is 11.3 Å². The molecule has 0 spiro atoms. The van der Waals surface area contributed by atoms with Crippen LogP contribution in [0.4, 0.5) is 0 Å². The predicted octanol–water partition coefficient (Wildman–Crippen LogP) is 6.88. The van der Waals surface area contributed by atoms with Crippen molar-refractivity contribution in [3.05, 3.63) is 71.8 Å². The first-order valence-electron chi connectivity index (χ1n) is 10.3.